The number of hydrogen-bond acceptors (Lipinski definition) is 4. The fourth-order valence-corrected chi connectivity index (χ4v) is 3.10. The van der Waals surface area contributed by atoms with E-state index in [4.69, 9.17) is 14.6 Å². The number of benzene rings is 2. The van der Waals surface area contributed by atoms with Gasteiger partial charge in [-0.2, -0.15) is 0 Å². The molecule has 0 spiro atoms. The molecule has 2 aromatic rings. The van der Waals surface area contributed by atoms with Crippen molar-refractivity contribution >= 4 is 28.2 Å². The Balaban J connectivity index is 1.75. The lowest BCUT2D eigenvalue weighted by atomic mass is 10.2. The minimum Gasteiger partial charge on any atom is -0.493 e. The van der Waals surface area contributed by atoms with Gasteiger partial charge >= 0.3 is 5.97 Å². The van der Waals surface area contributed by atoms with Gasteiger partial charge in [-0.3, -0.25) is 10.2 Å². The molecule has 4 rings (SSSR count). The molecule has 1 heterocycles. The summed E-state index contributed by atoms with van der Waals surface area (Å²) in [5.41, 5.74) is 2.79. The van der Waals surface area contributed by atoms with Crippen LogP contribution >= 0.6 is 0 Å². The minimum atomic E-state index is -0.963. The first-order chi connectivity index (χ1) is 12.6. The highest BCUT2D eigenvalue weighted by Gasteiger charge is 2.19. The first-order valence-electron chi connectivity index (χ1n) is 7.96. The van der Waals surface area contributed by atoms with E-state index in [0.717, 1.165) is 27.8 Å². The molecule has 0 fully saturated rings. The fourth-order valence-electron chi connectivity index (χ4n) is 3.10. The van der Waals surface area contributed by atoms with Gasteiger partial charge in [0.2, 0.25) is 0 Å². The molecule has 0 radical (unpaired) electrons. The minimum absolute atomic E-state index is 0.226. The standard InChI is InChI=1S/C19H17N3O4/c1-25-15-8-11-7-14-17(13(11)9-16(15)26-2)21-22-18(14)20-12-5-3-4-10(6-12)19(23)24/h3-9,20-22H,1-2H3,(H,23,24). The molecule has 0 amide bonds. The van der Waals surface area contributed by atoms with Gasteiger partial charge in [-0.1, -0.05) is 6.07 Å². The van der Waals surface area contributed by atoms with E-state index in [1.807, 2.05) is 24.3 Å². The maximum atomic E-state index is 11.1. The Morgan fingerprint density at radius 1 is 1.04 bits per heavy atom. The molecular formula is C19H17N3O4. The topological polar surface area (TPSA) is 99.4 Å². The molecule has 0 atom stereocenters. The van der Waals surface area contributed by atoms with E-state index < -0.39 is 5.97 Å². The number of aromatic carboxylic acids is 1. The predicted octanol–water partition coefficient (Wildman–Crippen LogP) is 4.06. The molecule has 1 aliphatic carbocycles. The first kappa shape index (κ1) is 15.9. The molecule has 0 bridgehead atoms. The van der Waals surface area contributed by atoms with Crippen LogP contribution in [-0.4, -0.2) is 35.5 Å². The summed E-state index contributed by atoms with van der Waals surface area (Å²) in [4.78, 5) is 11.1. The van der Waals surface area contributed by atoms with E-state index in [9.17, 15) is 4.79 Å². The van der Waals surface area contributed by atoms with Crippen LogP contribution in [0.25, 0.3) is 22.0 Å². The quantitative estimate of drug-likeness (QED) is 0.434. The Bertz CT molecular complexity index is 1080. The number of H-pyrrole nitrogens is 2. The van der Waals surface area contributed by atoms with E-state index >= 15 is 0 Å². The van der Waals surface area contributed by atoms with Crippen molar-refractivity contribution in [1.82, 2.24) is 10.2 Å². The largest absolute Gasteiger partial charge is 0.493 e. The van der Waals surface area contributed by atoms with Gasteiger partial charge in [0.05, 0.1) is 25.5 Å². The van der Waals surface area contributed by atoms with Gasteiger partial charge in [0, 0.05) is 16.6 Å². The lowest BCUT2D eigenvalue weighted by Crippen LogP contribution is -1.98. The SMILES string of the molecule is COc1cc2cc3c(Nc4cccc(C(=O)O)c4)[nH][nH]c-3c2cc1OC. The third-order valence-electron chi connectivity index (χ3n) is 4.35. The van der Waals surface area contributed by atoms with E-state index in [-0.39, 0.29) is 5.56 Å². The average molecular weight is 351 g/mol. The normalized spacial score (nSPS) is 11.0. The molecule has 2 aliphatic rings. The number of aromatic amines is 2. The van der Waals surface area contributed by atoms with Crippen molar-refractivity contribution in [3.63, 3.8) is 0 Å². The maximum Gasteiger partial charge on any atom is 0.335 e. The van der Waals surface area contributed by atoms with Crippen molar-refractivity contribution in [3.8, 4) is 22.8 Å². The number of hydrogen-bond donors (Lipinski definition) is 4. The summed E-state index contributed by atoms with van der Waals surface area (Å²) in [6.07, 6.45) is 0. The average Bonchev–Trinajstić information content (AvgIpc) is 3.20. The zero-order chi connectivity index (χ0) is 18.3. The van der Waals surface area contributed by atoms with Crippen LogP contribution in [0.1, 0.15) is 10.4 Å². The Morgan fingerprint density at radius 3 is 2.54 bits per heavy atom. The Hall–Kier alpha value is -3.61. The van der Waals surface area contributed by atoms with Gasteiger partial charge in [0.1, 0.15) is 5.82 Å². The highest BCUT2D eigenvalue weighted by molar-refractivity contribution is 6.05. The van der Waals surface area contributed by atoms with Gasteiger partial charge in [0.25, 0.3) is 0 Å². The zero-order valence-electron chi connectivity index (χ0n) is 14.2. The summed E-state index contributed by atoms with van der Waals surface area (Å²) in [7, 11) is 3.21. The number of carboxylic acid groups (broad SMARTS) is 1. The summed E-state index contributed by atoms with van der Waals surface area (Å²) in [5, 5.41) is 20.6. The molecule has 0 aromatic heterocycles. The molecule has 7 nitrogen and oxygen atoms in total. The van der Waals surface area contributed by atoms with Crippen molar-refractivity contribution in [1.29, 1.82) is 0 Å². The first-order valence-corrected chi connectivity index (χ1v) is 7.96. The molecule has 1 aliphatic heterocycles. The predicted molar refractivity (Wildman–Crippen MR) is 99.1 cm³/mol. The Morgan fingerprint density at radius 2 is 1.81 bits per heavy atom. The summed E-state index contributed by atoms with van der Waals surface area (Å²) in [6.45, 7) is 0. The van der Waals surface area contributed by atoms with Gasteiger partial charge < -0.3 is 19.9 Å². The number of anilines is 2. The van der Waals surface area contributed by atoms with Crippen LogP contribution in [0.4, 0.5) is 11.5 Å². The van der Waals surface area contributed by atoms with Gasteiger partial charge in [0.15, 0.2) is 11.5 Å². The second kappa shape index (κ2) is 6.03. The Labute approximate surface area is 148 Å². The third-order valence-corrected chi connectivity index (χ3v) is 4.35. The molecule has 26 heavy (non-hydrogen) atoms. The molecule has 0 saturated heterocycles. The number of fused-ring (bicyclic) bond motifs is 3. The van der Waals surface area contributed by atoms with Crippen LogP contribution in [0, 0.1) is 0 Å². The number of aromatic nitrogens is 2. The lowest BCUT2D eigenvalue weighted by molar-refractivity contribution is 0.0697. The number of nitrogens with one attached hydrogen (secondary N) is 3. The maximum absolute atomic E-state index is 11.1. The number of carboxylic acids is 1. The Kier molecular flexibility index (Phi) is 3.69. The van der Waals surface area contributed by atoms with E-state index in [1.165, 1.54) is 0 Å². The lowest BCUT2D eigenvalue weighted by Gasteiger charge is -2.07. The number of ether oxygens (including phenoxy) is 2. The van der Waals surface area contributed by atoms with Crippen LogP contribution < -0.4 is 14.8 Å². The van der Waals surface area contributed by atoms with E-state index in [0.29, 0.717) is 17.2 Å². The fraction of sp³-hybridized carbons (Fsp3) is 0.105. The zero-order valence-corrected chi connectivity index (χ0v) is 14.2. The highest BCUT2D eigenvalue weighted by atomic mass is 16.5. The van der Waals surface area contributed by atoms with Gasteiger partial charge in [-0.25, -0.2) is 4.79 Å². The number of methoxy groups -OCH3 is 2. The molecule has 0 unspecified atom stereocenters. The third kappa shape index (κ3) is 2.50. The monoisotopic (exact) mass is 351 g/mol. The summed E-state index contributed by atoms with van der Waals surface area (Å²) in [6, 6.07) is 12.5. The molecule has 7 heteroatoms. The van der Waals surface area contributed by atoms with Crippen LogP contribution in [-0.2, 0) is 0 Å². The summed E-state index contributed by atoms with van der Waals surface area (Å²) < 4.78 is 10.7. The second-order valence-corrected chi connectivity index (χ2v) is 5.86. The van der Waals surface area contributed by atoms with Crippen molar-refractivity contribution in [3.05, 3.63) is 48.0 Å². The summed E-state index contributed by atoms with van der Waals surface area (Å²) >= 11 is 0. The van der Waals surface area contributed by atoms with Crippen molar-refractivity contribution < 1.29 is 19.4 Å². The molecule has 132 valence electrons. The van der Waals surface area contributed by atoms with Gasteiger partial charge in [-0.15, -0.1) is 0 Å². The van der Waals surface area contributed by atoms with E-state index in [1.54, 1.807) is 32.4 Å². The molecule has 2 aromatic carbocycles. The molecule has 4 N–H and O–H groups in total. The van der Waals surface area contributed by atoms with Crippen molar-refractivity contribution in [2.24, 2.45) is 0 Å². The molecule has 0 saturated carbocycles. The highest BCUT2D eigenvalue weighted by Crippen LogP contribution is 2.42. The number of carbonyl (C=O) groups is 1. The van der Waals surface area contributed by atoms with Crippen LogP contribution in [0.2, 0.25) is 0 Å². The number of rotatable bonds is 5. The van der Waals surface area contributed by atoms with Crippen LogP contribution in [0.15, 0.2) is 42.5 Å². The summed E-state index contributed by atoms with van der Waals surface area (Å²) in [5.74, 6) is 1.11. The van der Waals surface area contributed by atoms with Crippen molar-refractivity contribution in [2.75, 3.05) is 19.5 Å². The van der Waals surface area contributed by atoms with Crippen LogP contribution in [0.5, 0.6) is 11.5 Å². The molecular weight excluding hydrogens is 334 g/mol. The van der Waals surface area contributed by atoms with Gasteiger partial charge in [-0.05, 0) is 41.8 Å². The van der Waals surface area contributed by atoms with Crippen LogP contribution in [0.3, 0.4) is 0 Å². The second-order valence-electron chi connectivity index (χ2n) is 5.86. The smallest absolute Gasteiger partial charge is 0.335 e. The van der Waals surface area contributed by atoms with Crippen molar-refractivity contribution in [2.45, 2.75) is 0 Å². The van der Waals surface area contributed by atoms with E-state index in [2.05, 4.69) is 15.5 Å².